The summed E-state index contributed by atoms with van der Waals surface area (Å²) in [7, 11) is 0. The molecule has 3 unspecified atom stereocenters. The van der Waals surface area contributed by atoms with Gasteiger partial charge in [0.15, 0.2) is 0 Å². The molecule has 7 atom stereocenters. The highest BCUT2D eigenvalue weighted by molar-refractivity contribution is 7.09. The molecule has 9 heteroatoms. The largest absolute Gasteiger partial charge is 0.458 e. The molecule has 0 saturated carbocycles. The Morgan fingerprint density at radius 1 is 1.28 bits per heavy atom. The van der Waals surface area contributed by atoms with Crippen LogP contribution in [-0.4, -0.2) is 57.0 Å². The van der Waals surface area contributed by atoms with E-state index in [0.29, 0.717) is 13.0 Å². The zero-order valence-electron chi connectivity index (χ0n) is 22.3. The quantitative estimate of drug-likeness (QED) is 0.405. The lowest BCUT2D eigenvalue weighted by atomic mass is 9.73. The highest BCUT2D eigenvalue weighted by atomic mass is 32.1. The van der Waals surface area contributed by atoms with Crippen molar-refractivity contribution in [1.82, 2.24) is 4.98 Å². The Bertz CT molecular complexity index is 975. The normalized spacial score (nSPS) is 36.8. The van der Waals surface area contributed by atoms with Crippen molar-refractivity contribution in [2.45, 2.75) is 110 Å². The maximum Gasteiger partial charge on any atom is 0.309 e. The van der Waals surface area contributed by atoms with Crippen LogP contribution in [0.3, 0.4) is 0 Å². The van der Waals surface area contributed by atoms with E-state index >= 15 is 0 Å². The molecule has 202 valence electrons. The van der Waals surface area contributed by atoms with Gasteiger partial charge in [-0.1, -0.05) is 34.1 Å². The Kier molecular flexibility index (Phi) is 9.15. The minimum atomic E-state index is -1.24. The van der Waals surface area contributed by atoms with Gasteiger partial charge in [-0.25, -0.2) is 4.98 Å². The van der Waals surface area contributed by atoms with E-state index in [1.54, 1.807) is 20.8 Å². The third-order valence-corrected chi connectivity index (χ3v) is 8.92. The Labute approximate surface area is 218 Å². The van der Waals surface area contributed by atoms with Crippen LogP contribution in [0, 0.1) is 17.3 Å². The van der Waals surface area contributed by atoms with Crippen molar-refractivity contribution in [3.8, 4) is 0 Å². The minimum absolute atomic E-state index is 0.0660. The molecule has 2 fully saturated rings. The van der Waals surface area contributed by atoms with Crippen molar-refractivity contribution in [3.05, 3.63) is 21.7 Å². The van der Waals surface area contributed by atoms with Crippen molar-refractivity contribution in [1.29, 1.82) is 0 Å². The lowest BCUT2D eigenvalue weighted by Crippen LogP contribution is -2.45. The molecular formula is C27H42N2O6S. The first-order valence-electron chi connectivity index (χ1n) is 12.9. The number of carbonyl (C=O) groups is 2. The predicted octanol–water partition coefficient (Wildman–Crippen LogP) is 3.63. The van der Waals surface area contributed by atoms with Crippen LogP contribution in [0.2, 0.25) is 0 Å². The number of esters is 1. The number of carbonyl (C=O) groups excluding carboxylic acids is 2. The summed E-state index contributed by atoms with van der Waals surface area (Å²) in [6.45, 7) is 11.2. The van der Waals surface area contributed by atoms with Gasteiger partial charge in [0.05, 0.1) is 41.4 Å². The number of ether oxygens (including phenoxy) is 2. The van der Waals surface area contributed by atoms with Crippen LogP contribution in [0.5, 0.6) is 0 Å². The van der Waals surface area contributed by atoms with E-state index in [4.69, 9.17) is 15.2 Å². The van der Waals surface area contributed by atoms with Gasteiger partial charge in [-0.2, -0.15) is 0 Å². The summed E-state index contributed by atoms with van der Waals surface area (Å²) in [5.41, 5.74) is 5.74. The molecule has 3 rings (SSSR count). The van der Waals surface area contributed by atoms with Crippen LogP contribution >= 0.6 is 11.3 Å². The fourth-order valence-electron chi connectivity index (χ4n) is 5.11. The molecule has 8 nitrogen and oxygen atoms in total. The van der Waals surface area contributed by atoms with Gasteiger partial charge in [-0.05, 0) is 44.3 Å². The number of cyclic esters (lactones) is 1. The van der Waals surface area contributed by atoms with Crippen LogP contribution in [0.15, 0.2) is 11.0 Å². The highest BCUT2D eigenvalue weighted by Crippen LogP contribution is 2.45. The predicted molar refractivity (Wildman–Crippen MR) is 139 cm³/mol. The summed E-state index contributed by atoms with van der Waals surface area (Å²) in [6.07, 6.45) is 1.80. The molecule has 1 aromatic rings. The molecule has 2 aliphatic rings. The second kappa shape index (κ2) is 11.4. The molecule has 4 N–H and O–H groups in total. The third kappa shape index (κ3) is 6.61. The van der Waals surface area contributed by atoms with E-state index in [9.17, 15) is 19.8 Å². The molecule has 2 saturated heterocycles. The minimum Gasteiger partial charge on any atom is -0.458 e. The number of epoxide rings is 1. The fraction of sp³-hybridized carbons (Fsp3) is 0.741. The number of nitrogens with zero attached hydrogens (tertiary/aromatic N) is 1. The molecule has 2 aliphatic heterocycles. The third-order valence-electron chi connectivity index (χ3n) is 8.03. The topological polar surface area (TPSA) is 135 Å². The lowest BCUT2D eigenvalue weighted by molar-refractivity contribution is -0.154. The number of fused-ring (bicyclic) bond motifs is 1. The van der Waals surface area contributed by atoms with Crippen molar-refractivity contribution >= 4 is 29.2 Å². The Morgan fingerprint density at radius 3 is 2.61 bits per heavy atom. The van der Waals surface area contributed by atoms with Crippen LogP contribution in [-0.2, 0) is 25.6 Å². The van der Waals surface area contributed by atoms with Crippen molar-refractivity contribution in [2.75, 3.05) is 0 Å². The van der Waals surface area contributed by atoms with Gasteiger partial charge < -0.3 is 25.4 Å². The van der Waals surface area contributed by atoms with Gasteiger partial charge >= 0.3 is 5.97 Å². The van der Waals surface area contributed by atoms with E-state index < -0.39 is 35.6 Å². The van der Waals surface area contributed by atoms with Crippen LogP contribution < -0.4 is 5.73 Å². The number of hydrogen-bond acceptors (Lipinski definition) is 9. The van der Waals surface area contributed by atoms with Gasteiger partial charge in [0.25, 0.3) is 0 Å². The number of ketones is 1. The molecule has 0 aromatic carbocycles. The van der Waals surface area contributed by atoms with Gasteiger partial charge in [-0.3, -0.25) is 9.59 Å². The molecule has 0 bridgehead atoms. The monoisotopic (exact) mass is 522 g/mol. The molecule has 0 radical (unpaired) electrons. The zero-order chi connectivity index (χ0) is 26.8. The molecule has 36 heavy (non-hydrogen) atoms. The SMILES string of the molecule is C/C(=C\c1csc(CN)n1)C1CC2O[C@]2(C)CCCC(C)[C@H](O)[C@@H](C)C(=O)C(C)(C)[C@@H](O)CC(=O)O1. The molecule has 3 heterocycles. The van der Waals surface area contributed by atoms with Gasteiger partial charge in [0, 0.05) is 24.3 Å². The summed E-state index contributed by atoms with van der Waals surface area (Å²) >= 11 is 1.48. The molecular weight excluding hydrogens is 480 g/mol. The number of thiazole rings is 1. The van der Waals surface area contributed by atoms with Crippen molar-refractivity contribution in [3.63, 3.8) is 0 Å². The summed E-state index contributed by atoms with van der Waals surface area (Å²) < 4.78 is 11.9. The van der Waals surface area contributed by atoms with Crippen LogP contribution in [0.25, 0.3) is 6.08 Å². The number of aliphatic hydroxyl groups is 2. The van der Waals surface area contributed by atoms with E-state index in [2.05, 4.69) is 11.9 Å². The van der Waals surface area contributed by atoms with E-state index in [1.807, 2.05) is 25.3 Å². The second-order valence-electron chi connectivity index (χ2n) is 11.3. The summed E-state index contributed by atoms with van der Waals surface area (Å²) in [4.78, 5) is 30.7. The Morgan fingerprint density at radius 2 is 1.97 bits per heavy atom. The average Bonchev–Trinajstić information content (AvgIpc) is 3.23. The second-order valence-corrected chi connectivity index (χ2v) is 12.3. The van der Waals surface area contributed by atoms with Gasteiger partial charge in [-0.15, -0.1) is 11.3 Å². The summed E-state index contributed by atoms with van der Waals surface area (Å²) in [6, 6.07) is 0. The maximum atomic E-state index is 13.2. The first-order valence-corrected chi connectivity index (χ1v) is 13.8. The maximum absolute atomic E-state index is 13.2. The number of nitrogens with two attached hydrogens (primary N) is 1. The zero-order valence-corrected chi connectivity index (χ0v) is 23.1. The van der Waals surface area contributed by atoms with Crippen LogP contribution in [0.1, 0.15) is 84.3 Å². The van der Waals surface area contributed by atoms with Crippen molar-refractivity contribution < 1.29 is 29.3 Å². The Hall–Kier alpha value is -1.65. The first-order chi connectivity index (χ1) is 16.8. The summed E-state index contributed by atoms with van der Waals surface area (Å²) in [5, 5.41) is 24.5. The number of hydrogen-bond donors (Lipinski definition) is 3. The number of aromatic nitrogens is 1. The number of aliphatic hydroxyl groups excluding tert-OH is 2. The van der Waals surface area contributed by atoms with Crippen LogP contribution in [0.4, 0.5) is 0 Å². The van der Waals surface area contributed by atoms with Gasteiger partial charge in [0.1, 0.15) is 16.9 Å². The highest BCUT2D eigenvalue weighted by Gasteiger charge is 2.53. The van der Waals surface area contributed by atoms with Crippen molar-refractivity contribution in [2.24, 2.45) is 23.0 Å². The smallest absolute Gasteiger partial charge is 0.309 e. The summed E-state index contributed by atoms with van der Waals surface area (Å²) in [5.74, 6) is -1.59. The molecule has 0 amide bonds. The fourth-order valence-corrected chi connectivity index (χ4v) is 5.74. The van der Waals surface area contributed by atoms with Gasteiger partial charge in [0.2, 0.25) is 0 Å². The number of rotatable bonds is 3. The lowest BCUT2D eigenvalue weighted by Gasteiger charge is -2.34. The first kappa shape index (κ1) is 28.9. The molecule has 0 spiro atoms. The molecule has 1 aromatic heterocycles. The van der Waals surface area contributed by atoms with E-state index in [-0.39, 0.29) is 29.8 Å². The number of Topliss-reactive ketones (excluding diaryl/α,β-unsaturated/α-hetero) is 1. The average molecular weight is 523 g/mol. The molecule has 0 aliphatic carbocycles. The van der Waals surface area contributed by atoms with E-state index in [0.717, 1.165) is 35.5 Å². The van der Waals surface area contributed by atoms with E-state index in [1.165, 1.54) is 11.3 Å². The Balaban J connectivity index is 1.85. The standard InChI is InChI=1S/C27H42N2O6S/c1-15-8-7-9-27(6)21(35-27)11-19(16(2)10-18-14-36-22(13-28)29-18)34-23(31)12-20(30)26(4,5)25(33)17(3)24(15)32/h10,14-15,17,19-21,24,30,32H,7-9,11-13,28H2,1-6H3/b16-10+/t15?,17-,19?,20+,21?,24+,27-/m1/s1.